The Kier molecular flexibility index (Phi) is 12.1. The van der Waals surface area contributed by atoms with E-state index in [1.54, 1.807) is 0 Å². The molecule has 253 valence electrons. The maximum atomic E-state index is 12.2. The van der Waals surface area contributed by atoms with Crippen molar-refractivity contribution in [2.75, 3.05) is 11.5 Å². The fourth-order valence-electron chi connectivity index (χ4n) is 4.19. The summed E-state index contributed by atoms with van der Waals surface area (Å²) in [5.74, 6) is 0. The molecular weight excluding hydrogens is 736 g/mol. The zero-order valence-electron chi connectivity index (χ0n) is 25.0. The minimum Gasteiger partial charge on any atom is -0.399 e. The molecule has 8 N–H and O–H groups in total. The minimum atomic E-state index is -4.89. The summed E-state index contributed by atoms with van der Waals surface area (Å²) in [5.41, 5.74) is 10.7. The van der Waals surface area contributed by atoms with E-state index in [4.69, 9.17) is 11.5 Å². The fraction of sp³-hybridized carbons (Fsp3) is 0. The first-order chi connectivity index (χ1) is 22.1. The molecule has 0 amide bonds. The summed E-state index contributed by atoms with van der Waals surface area (Å²) in [6, 6.07) is 14.0. The maximum Gasteiger partial charge on any atom is 0.295 e. The van der Waals surface area contributed by atoms with Gasteiger partial charge < -0.3 is 11.5 Å². The Bertz CT molecular complexity index is 2310. The molecule has 0 aromatic heterocycles. The van der Waals surface area contributed by atoms with Crippen LogP contribution in [0.4, 0.5) is 22.7 Å². The van der Waals surface area contributed by atoms with Crippen molar-refractivity contribution in [3.63, 3.8) is 0 Å². The number of benzene rings is 4. The van der Waals surface area contributed by atoms with Gasteiger partial charge in [0.15, 0.2) is 0 Å². The van der Waals surface area contributed by atoms with Crippen LogP contribution in [0.2, 0.25) is 0 Å². The summed E-state index contributed by atoms with van der Waals surface area (Å²) >= 11 is 0. The van der Waals surface area contributed by atoms with Gasteiger partial charge in [0.05, 0.1) is 11.4 Å². The van der Waals surface area contributed by atoms with E-state index in [1.165, 1.54) is 48.5 Å². The average molecular weight is 760 g/mol. The minimum absolute atomic E-state index is 0. The number of nitrogens with zero attached hydrogens (tertiary/aromatic N) is 2. The molecule has 0 aliphatic heterocycles. The molecule has 0 aliphatic carbocycles. The van der Waals surface area contributed by atoms with Crippen LogP contribution in [0.5, 0.6) is 0 Å². The molecule has 1 radical (unpaired) electrons. The van der Waals surface area contributed by atoms with E-state index in [9.17, 15) is 51.9 Å². The molecule has 16 nitrogen and oxygen atoms in total. The fourth-order valence-corrected chi connectivity index (χ4v) is 7.04. The number of hydrogen-bond acceptors (Lipinski definition) is 12. The Balaban J connectivity index is 0.00000650. The Morgan fingerprint density at radius 2 is 0.673 bits per heavy atom. The summed E-state index contributed by atoms with van der Waals surface area (Å²) in [6.07, 6.45) is 4.63. The van der Waals surface area contributed by atoms with Crippen molar-refractivity contribution in [1.29, 1.82) is 0 Å². The van der Waals surface area contributed by atoms with E-state index in [0.717, 1.165) is 48.6 Å². The second kappa shape index (κ2) is 15.0. The Hall–Kier alpha value is -3.80. The number of anilines is 2. The van der Waals surface area contributed by atoms with Crippen LogP contribution in [0.15, 0.2) is 103 Å². The van der Waals surface area contributed by atoms with Gasteiger partial charge in [-0.3, -0.25) is 18.2 Å². The quantitative estimate of drug-likeness (QED) is 0.0434. The molecule has 4 aromatic rings. The first kappa shape index (κ1) is 39.6. The molecule has 49 heavy (non-hydrogen) atoms. The van der Waals surface area contributed by atoms with Crippen molar-refractivity contribution in [1.82, 2.24) is 0 Å². The molecule has 0 unspecified atom stereocenters. The van der Waals surface area contributed by atoms with Crippen molar-refractivity contribution < 1.29 is 51.9 Å². The van der Waals surface area contributed by atoms with Gasteiger partial charge in [-0.1, -0.05) is 48.6 Å². The van der Waals surface area contributed by atoms with Crippen molar-refractivity contribution in [3.05, 3.63) is 95.1 Å². The molecule has 0 saturated carbocycles. The maximum absolute atomic E-state index is 12.2. The zero-order chi connectivity index (χ0) is 35.7. The molecule has 0 heterocycles. The van der Waals surface area contributed by atoms with Gasteiger partial charge in [0, 0.05) is 40.9 Å². The molecule has 21 heteroatoms. The van der Waals surface area contributed by atoms with Gasteiger partial charge in [-0.05, 0) is 70.8 Å². The first-order valence-electron chi connectivity index (χ1n) is 12.9. The van der Waals surface area contributed by atoms with Gasteiger partial charge in [0.1, 0.15) is 19.6 Å². The SMILES string of the molecule is Nc1ccc(/C=C/c2ccc(N=Nc3ccc(/C=C/c4ccc(N)cc4S(=O)(=O)O)c(S(=O)(=O)O)c3)cc2S(=O)(=O)O)c(S(=O)(=O)O)c1.[Na]. The molecular formula is C28H24N4NaO12S4. The van der Waals surface area contributed by atoms with Gasteiger partial charge >= 0.3 is 0 Å². The molecule has 4 rings (SSSR count). The van der Waals surface area contributed by atoms with Gasteiger partial charge in [-0.25, -0.2) is 0 Å². The van der Waals surface area contributed by atoms with Crippen LogP contribution >= 0.6 is 0 Å². The largest absolute Gasteiger partial charge is 0.399 e. The molecule has 0 fully saturated rings. The Morgan fingerprint density at radius 3 is 0.939 bits per heavy atom. The number of nitrogens with two attached hydrogens (primary N) is 2. The Morgan fingerprint density at radius 1 is 0.429 bits per heavy atom. The Labute approximate surface area is 303 Å². The second-order valence-electron chi connectivity index (χ2n) is 9.81. The van der Waals surface area contributed by atoms with Crippen LogP contribution < -0.4 is 11.5 Å². The summed E-state index contributed by atoms with van der Waals surface area (Å²) in [4.78, 5) is -2.41. The zero-order valence-corrected chi connectivity index (χ0v) is 30.2. The third-order valence-electron chi connectivity index (χ3n) is 6.35. The third-order valence-corrected chi connectivity index (χ3v) is 9.98. The number of rotatable bonds is 10. The van der Waals surface area contributed by atoms with E-state index in [2.05, 4.69) is 10.2 Å². The van der Waals surface area contributed by atoms with E-state index in [0.29, 0.717) is 0 Å². The van der Waals surface area contributed by atoms with Crippen LogP contribution in [0.25, 0.3) is 24.3 Å². The van der Waals surface area contributed by atoms with Gasteiger partial charge in [0.2, 0.25) is 0 Å². The average Bonchev–Trinajstić information content (AvgIpc) is 2.97. The predicted octanol–water partition coefficient (Wildman–Crippen LogP) is 4.21. The smallest absolute Gasteiger partial charge is 0.295 e. The van der Waals surface area contributed by atoms with Gasteiger partial charge in [-0.2, -0.15) is 43.9 Å². The van der Waals surface area contributed by atoms with E-state index in [-0.39, 0.29) is 74.6 Å². The van der Waals surface area contributed by atoms with Crippen LogP contribution in [0, 0.1) is 0 Å². The summed E-state index contributed by atoms with van der Waals surface area (Å²) in [7, 11) is -19.2. The molecule has 4 aromatic carbocycles. The molecule has 0 saturated heterocycles. The number of azo groups is 1. The van der Waals surface area contributed by atoms with Crippen molar-refractivity contribution >= 4 is 117 Å². The summed E-state index contributed by atoms with van der Waals surface area (Å²) in [6.45, 7) is 0. The van der Waals surface area contributed by atoms with E-state index < -0.39 is 60.1 Å². The molecule has 0 spiro atoms. The predicted molar refractivity (Wildman–Crippen MR) is 182 cm³/mol. The summed E-state index contributed by atoms with van der Waals surface area (Å²) in [5, 5.41) is 7.72. The van der Waals surface area contributed by atoms with E-state index >= 15 is 0 Å². The van der Waals surface area contributed by atoms with Crippen LogP contribution in [-0.4, -0.2) is 81.4 Å². The molecule has 0 aliphatic rings. The van der Waals surface area contributed by atoms with E-state index in [1.807, 2.05) is 0 Å². The number of nitrogen functional groups attached to an aromatic ring is 2. The molecule has 0 atom stereocenters. The third kappa shape index (κ3) is 10.4. The summed E-state index contributed by atoms with van der Waals surface area (Å²) < 4.78 is 134. The standard InChI is InChI=1S/C28H24N4O12S4.Na/c29-21-9-5-17(25(13-21)45(33,34)35)1-3-19-7-11-23(15-27(19)47(39,40)41)31-32-24-12-8-20(28(16-24)48(42,43)44)4-2-18-6-10-22(30)14-26(18)46(36,37)38;/h1-16H,29-30H2,(H,33,34,35)(H,36,37,38)(H,39,40,41)(H,42,43,44);/b3-1+,4-2+,32-31?;. The number of hydrogen-bond donors (Lipinski definition) is 6. The van der Waals surface area contributed by atoms with Gasteiger partial charge in [0.25, 0.3) is 40.5 Å². The van der Waals surface area contributed by atoms with Crippen LogP contribution in [0.1, 0.15) is 22.3 Å². The van der Waals surface area contributed by atoms with Crippen LogP contribution in [-0.2, 0) is 40.5 Å². The van der Waals surface area contributed by atoms with Crippen molar-refractivity contribution in [3.8, 4) is 0 Å². The monoisotopic (exact) mass is 759 g/mol. The van der Waals surface area contributed by atoms with Crippen molar-refractivity contribution in [2.45, 2.75) is 19.6 Å². The first-order valence-corrected chi connectivity index (χ1v) is 18.6. The van der Waals surface area contributed by atoms with Crippen molar-refractivity contribution in [2.24, 2.45) is 10.2 Å². The second-order valence-corrected chi connectivity index (χ2v) is 15.4. The normalized spacial score (nSPS) is 12.9. The topological polar surface area (TPSA) is 294 Å². The van der Waals surface area contributed by atoms with Crippen LogP contribution in [0.3, 0.4) is 0 Å². The molecule has 0 bridgehead atoms. The van der Waals surface area contributed by atoms with Gasteiger partial charge in [-0.15, -0.1) is 0 Å².